The first-order valence-corrected chi connectivity index (χ1v) is 6.66. The number of carbonyl (C=O) groups is 1. The van der Waals surface area contributed by atoms with Crippen molar-refractivity contribution in [3.8, 4) is 0 Å². The van der Waals surface area contributed by atoms with Crippen molar-refractivity contribution in [3.05, 3.63) is 0 Å². The van der Waals surface area contributed by atoms with Crippen LogP contribution in [-0.4, -0.2) is 42.6 Å². The molecule has 0 bridgehead atoms. The molecule has 2 N–H and O–H groups in total. The Bertz CT molecular complexity index is 297. The molecule has 2 fully saturated rings. The Morgan fingerprint density at radius 1 is 1.44 bits per heavy atom. The van der Waals surface area contributed by atoms with Gasteiger partial charge in [0.2, 0.25) is 5.91 Å². The Balaban J connectivity index is 0.00000162. The van der Waals surface area contributed by atoms with E-state index in [1.165, 1.54) is 0 Å². The number of nitrogens with two attached hydrogens (primary N) is 1. The third-order valence-corrected chi connectivity index (χ3v) is 4.02. The number of rotatable bonds is 2. The van der Waals surface area contributed by atoms with Gasteiger partial charge in [-0.3, -0.25) is 4.79 Å². The van der Waals surface area contributed by atoms with Gasteiger partial charge in [-0.25, -0.2) is 0 Å². The molecule has 106 valence electrons. The van der Waals surface area contributed by atoms with Crippen molar-refractivity contribution in [2.45, 2.75) is 38.7 Å². The van der Waals surface area contributed by atoms with Crippen LogP contribution in [0.5, 0.6) is 0 Å². The van der Waals surface area contributed by atoms with Crippen LogP contribution >= 0.6 is 12.4 Å². The quantitative estimate of drug-likeness (QED) is 0.830. The molecule has 0 aromatic heterocycles. The Hall–Kier alpha value is -0.320. The molecule has 0 radical (unpaired) electrons. The molecule has 0 aromatic carbocycles. The van der Waals surface area contributed by atoms with Crippen molar-refractivity contribution >= 4 is 18.3 Å². The number of halogens is 1. The summed E-state index contributed by atoms with van der Waals surface area (Å²) in [4.78, 5) is 14.4. The van der Waals surface area contributed by atoms with Gasteiger partial charge in [0.1, 0.15) is 0 Å². The standard InChI is InChI=1S/C13H24N2O2.ClH/c1-13(2)9-15(6-7-17-13)12(16)11-5-3-4-10(11)8-14;/h10-11H,3-9,14H2,1-2H3;1H/t10-,11-;/m1./s1. The highest BCUT2D eigenvalue weighted by Gasteiger charge is 2.38. The predicted molar refractivity (Wildman–Crippen MR) is 73.7 cm³/mol. The highest BCUT2D eigenvalue weighted by molar-refractivity contribution is 5.85. The van der Waals surface area contributed by atoms with Gasteiger partial charge in [-0.15, -0.1) is 12.4 Å². The molecule has 1 saturated heterocycles. The van der Waals surface area contributed by atoms with E-state index in [2.05, 4.69) is 0 Å². The average Bonchev–Trinajstić information content (AvgIpc) is 2.74. The smallest absolute Gasteiger partial charge is 0.226 e. The fourth-order valence-electron chi connectivity index (χ4n) is 3.08. The molecule has 1 amide bonds. The Kier molecular flexibility index (Phi) is 5.44. The molecule has 2 atom stereocenters. The maximum Gasteiger partial charge on any atom is 0.226 e. The highest BCUT2D eigenvalue weighted by atomic mass is 35.5. The summed E-state index contributed by atoms with van der Waals surface area (Å²) in [5.41, 5.74) is 5.55. The van der Waals surface area contributed by atoms with Gasteiger partial charge in [0, 0.05) is 19.0 Å². The summed E-state index contributed by atoms with van der Waals surface area (Å²) in [7, 11) is 0. The third-order valence-electron chi connectivity index (χ3n) is 4.02. The van der Waals surface area contributed by atoms with Crippen LogP contribution in [0.3, 0.4) is 0 Å². The summed E-state index contributed by atoms with van der Waals surface area (Å²) in [5.74, 6) is 0.858. The number of carbonyl (C=O) groups excluding carboxylic acids is 1. The van der Waals surface area contributed by atoms with Gasteiger partial charge >= 0.3 is 0 Å². The fraction of sp³-hybridized carbons (Fsp3) is 0.923. The normalized spacial score (nSPS) is 30.9. The van der Waals surface area contributed by atoms with Gasteiger partial charge in [0.15, 0.2) is 0 Å². The Morgan fingerprint density at radius 2 is 2.17 bits per heavy atom. The van der Waals surface area contributed by atoms with E-state index in [-0.39, 0.29) is 23.9 Å². The number of nitrogens with zero attached hydrogens (tertiary/aromatic N) is 1. The molecule has 0 aromatic rings. The van der Waals surface area contributed by atoms with Gasteiger partial charge in [-0.05, 0) is 39.2 Å². The summed E-state index contributed by atoms with van der Waals surface area (Å²) in [6.07, 6.45) is 3.27. The fourth-order valence-corrected chi connectivity index (χ4v) is 3.08. The first kappa shape index (κ1) is 15.7. The van der Waals surface area contributed by atoms with Gasteiger partial charge in [0.25, 0.3) is 0 Å². The van der Waals surface area contributed by atoms with Crippen LogP contribution in [0.1, 0.15) is 33.1 Å². The van der Waals surface area contributed by atoms with Crippen LogP contribution in [0.2, 0.25) is 0 Å². The van der Waals surface area contributed by atoms with Crippen LogP contribution in [-0.2, 0) is 9.53 Å². The van der Waals surface area contributed by atoms with Crippen LogP contribution in [0.25, 0.3) is 0 Å². The molecular formula is C13H25ClN2O2. The number of hydrogen-bond acceptors (Lipinski definition) is 3. The van der Waals surface area contributed by atoms with E-state index in [1.54, 1.807) is 0 Å². The second-order valence-corrected chi connectivity index (χ2v) is 5.90. The lowest BCUT2D eigenvalue weighted by atomic mass is 9.94. The molecule has 2 rings (SSSR count). The average molecular weight is 277 g/mol. The van der Waals surface area contributed by atoms with Crippen molar-refractivity contribution in [1.29, 1.82) is 0 Å². The molecule has 0 unspecified atom stereocenters. The summed E-state index contributed by atoms with van der Waals surface area (Å²) in [6, 6.07) is 0. The van der Waals surface area contributed by atoms with Crippen LogP contribution < -0.4 is 5.73 Å². The summed E-state index contributed by atoms with van der Waals surface area (Å²) in [5, 5.41) is 0. The van der Waals surface area contributed by atoms with Crippen LogP contribution in [0.4, 0.5) is 0 Å². The maximum atomic E-state index is 12.5. The monoisotopic (exact) mass is 276 g/mol. The molecule has 5 heteroatoms. The van der Waals surface area contributed by atoms with Gasteiger partial charge < -0.3 is 15.4 Å². The van der Waals surface area contributed by atoms with Crippen LogP contribution in [0, 0.1) is 11.8 Å². The van der Waals surface area contributed by atoms with Gasteiger partial charge in [-0.2, -0.15) is 0 Å². The lowest BCUT2D eigenvalue weighted by Gasteiger charge is -2.39. The Labute approximate surface area is 116 Å². The summed E-state index contributed by atoms with van der Waals surface area (Å²) < 4.78 is 5.64. The largest absolute Gasteiger partial charge is 0.372 e. The summed E-state index contributed by atoms with van der Waals surface area (Å²) in [6.45, 7) is 6.82. The van der Waals surface area contributed by atoms with Crippen molar-refractivity contribution in [3.63, 3.8) is 0 Å². The zero-order chi connectivity index (χ0) is 12.5. The minimum atomic E-state index is -0.204. The molecule has 1 saturated carbocycles. The molecule has 2 aliphatic rings. The SMILES string of the molecule is CC1(C)CN(C(=O)[C@@H]2CCC[C@@H]2CN)CCO1.Cl. The second kappa shape index (κ2) is 6.22. The zero-order valence-electron chi connectivity index (χ0n) is 11.4. The first-order chi connectivity index (χ1) is 8.03. The molecule has 1 aliphatic heterocycles. The molecule has 1 aliphatic carbocycles. The predicted octanol–water partition coefficient (Wildman–Crippen LogP) is 1.42. The molecular weight excluding hydrogens is 252 g/mol. The minimum absolute atomic E-state index is 0. The molecule has 0 spiro atoms. The lowest BCUT2D eigenvalue weighted by molar-refractivity contribution is -0.151. The van der Waals surface area contributed by atoms with Gasteiger partial charge in [0.05, 0.1) is 12.2 Å². The summed E-state index contributed by atoms with van der Waals surface area (Å²) >= 11 is 0. The maximum absolute atomic E-state index is 12.5. The van der Waals surface area contributed by atoms with E-state index in [9.17, 15) is 4.79 Å². The van der Waals surface area contributed by atoms with E-state index in [4.69, 9.17) is 10.5 Å². The zero-order valence-corrected chi connectivity index (χ0v) is 12.2. The van der Waals surface area contributed by atoms with E-state index in [0.29, 0.717) is 31.5 Å². The van der Waals surface area contributed by atoms with E-state index >= 15 is 0 Å². The minimum Gasteiger partial charge on any atom is -0.372 e. The Morgan fingerprint density at radius 3 is 2.78 bits per heavy atom. The van der Waals surface area contributed by atoms with Crippen LogP contribution in [0.15, 0.2) is 0 Å². The first-order valence-electron chi connectivity index (χ1n) is 6.66. The molecule has 1 heterocycles. The van der Waals surface area contributed by atoms with Gasteiger partial charge in [-0.1, -0.05) is 6.42 Å². The third kappa shape index (κ3) is 3.37. The molecule has 18 heavy (non-hydrogen) atoms. The number of morpholine rings is 1. The van der Waals surface area contributed by atoms with E-state index < -0.39 is 0 Å². The number of hydrogen-bond donors (Lipinski definition) is 1. The van der Waals surface area contributed by atoms with Crippen molar-refractivity contribution in [2.75, 3.05) is 26.2 Å². The highest BCUT2D eigenvalue weighted by Crippen LogP contribution is 2.33. The van der Waals surface area contributed by atoms with Crippen molar-refractivity contribution < 1.29 is 9.53 Å². The lowest BCUT2D eigenvalue weighted by Crippen LogP contribution is -2.52. The van der Waals surface area contributed by atoms with E-state index in [1.807, 2.05) is 18.7 Å². The molecule has 4 nitrogen and oxygen atoms in total. The second-order valence-electron chi connectivity index (χ2n) is 5.90. The number of ether oxygens (including phenoxy) is 1. The topological polar surface area (TPSA) is 55.6 Å². The van der Waals surface area contributed by atoms with E-state index in [0.717, 1.165) is 25.8 Å². The van der Waals surface area contributed by atoms with Crippen molar-refractivity contribution in [2.24, 2.45) is 17.6 Å². The number of amides is 1. The van der Waals surface area contributed by atoms with Crippen molar-refractivity contribution in [1.82, 2.24) is 4.90 Å².